The summed E-state index contributed by atoms with van der Waals surface area (Å²) in [6, 6.07) is 6.90. The fourth-order valence-corrected chi connectivity index (χ4v) is 3.95. The quantitative estimate of drug-likeness (QED) is 0.0965. The molecule has 1 atom stereocenters. The number of nitrogens with zero attached hydrogens (tertiary/aromatic N) is 2. The van der Waals surface area contributed by atoms with Gasteiger partial charge in [-0.1, -0.05) is 6.92 Å². The lowest BCUT2D eigenvalue weighted by Gasteiger charge is -2.18. The number of nitrogens with two attached hydrogens (primary N) is 2. The van der Waals surface area contributed by atoms with Crippen LogP contribution in [0, 0.1) is 5.41 Å². The van der Waals surface area contributed by atoms with Gasteiger partial charge in [0.05, 0.1) is 24.0 Å². The van der Waals surface area contributed by atoms with Gasteiger partial charge in [0, 0.05) is 34.5 Å². The molecule has 2 amide bonds. The second-order valence-corrected chi connectivity index (χ2v) is 9.99. The normalized spacial score (nSPS) is 11.6. The van der Waals surface area contributed by atoms with E-state index in [1.54, 1.807) is 12.1 Å². The van der Waals surface area contributed by atoms with Crippen molar-refractivity contribution < 1.29 is 19.8 Å². The molecule has 0 radical (unpaired) electrons. The third-order valence-electron chi connectivity index (χ3n) is 6.26. The minimum absolute atomic E-state index is 0.0145. The zero-order valence-corrected chi connectivity index (χ0v) is 23.4. The minimum atomic E-state index is -0.608. The zero-order valence-electron chi connectivity index (χ0n) is 23.4. The lowest BCUT2D eigenvalue weighted by molar-refractivity contribution is -0.121. The molecule has 41 heavy (non-hydrogen) atoms. The number of hydrogen-bond acceptors (Lipinski definition) is 9. The molecule has 0 spiro atoms. The Morgan fingerprint density at radius 2 is 1.73 bits per heavy atom. The number of nitrogens with one attached hydrogen (secondary N) is 4. The highest BCUT2D eigenvalue weighted by atomic mass is 16.3. The van der Waals surface area contributed by atoms with Gasteiger partial charge in [-0.25, -0.2) is 4.98 Å². The highest BCUT2D eigenvalue weighted by Gasteiger charge is 2.19. The first kappa shape index (κ1) is 30.5. The SMILES string of the molecule is CC[C@@H](C)NC(=O)c1cc(N)cc(-c2cnc(NC(C)C)c(=O)n2CC(=O)NCc2c(O)cc(C(=N)N)cc2O)c1. The number of rotatable bonds is 11. The molecule has 0 fully saturated rings. The summed E-state index contributed by atoms with van der Waals surface area (Å²) in [4.78, 5) is 43.5. The topological polar surface area (TPSA) is 221 Å². The molecule has 3 aromatic rings. The molecule has 13 heteroatoms. The number of hydrogen-bond donors (Lipinski definition) is 8. The van der Waals surface area contributed by atoms with Crippen LogP contribution in [0.5, 0.6) is 11.5 Å². The molecule has 0 aliphatic heterocycles. The van der Waals surface area contributed by atoms with Crippen LogP contribution in [0.3, 0.4) is 0 Å². The van der Waals surface area contributed by atoms with Crippen LogP contribution in [0.1, 0.15) is 55.6 Å². The van der Waals surface area contributed by atoms with Crippen LogP contribution < -0.4 is 33.0 Å². The summed E-state index contributed by atoms with van der Waals surface area (Å²) in [5.74, 6) is -1.97. The molecule has 2 aromatic carbocycles. The Labute approximate surface area is 237 Å². The number of carbonyl (C=O) groups is 2. The molecule has 0 unspecified atom stereocenters. The number of aromatic hydroxyl groups is 2. The predicted octanol–water partition coefficient (Wildman–Crippen LogP) is 1.85. The molecule has 1 heterocycles. The Morgan fingerprint density at radius 3 is 2.32 bits per heavy atom. The Hall–Kier alpha value is -5.07. The number of aromatic nitrogens is 2. The van der Waals surface area contributed by atoms with Gasteiger partial charge in [-0.2, -0.15) is 0 Å². The first-order chi connectivity index (χ1) is 19.3. The number of phenolic OH excluding ortho intramolecular Hbond substituents is 2. The van der Waals surface area contributed by atoms with Gasteiger partial charge in [0.25, 0.3) is 11.5 Å². The fourth-order valence-electron chi connectivity index (χ4n) is 3.95. The van der Waals surface area contributed by atoms with E-state index in [1.807, 2.05) is 27.7 Å². The van der Waals surface area contributed by atoms with E-state index in [4.69, 9.17) is 16.9 Å². The standard InChI is InChI=1S/C28H36N8O5/c1-5-15(4)35-27(40)18-6-16(7-19(29)8-18)21-12-33-26(34-14(2)3)28(41)36(21)13-24(39)32-11-20-22(37)9-17(25(30)31)10-23(20)38/h6-10,12,14-15,37-38H,5,11,13,29H2,1-4H3,(H3,30,31)(H,32,39)(H,33,34)(H,35,40)/t15-/m1/s1. The van der Waals surface area contributed by atoms with Gasteiger partial charge in [0.1, 0.15) is 23.9 Å². The van der Waals surface area contributed by atoms with Crippen molar-refractivity contribution in [3.8, 4) is 22.8 Å². The first-order valence-electron chi connectivity index (χ1n) is 13.0. The second kappa shape index (κ2) is 12.9. The Kier molecular flexibility index (Phi) is 9.55. The summed E-state index contributed by atoms with van der Waals surface area (Å²) in [5.41, 5.74) is 12.3. The molecular formula is C28H36N8O5. The zero-order chi connectivity index (χ0) is 30.4. The highest BCUT2D eigenvalue weighted by molar-refractivity contribution is 5.97. The molecule has 218 valence electrons. The van der Waals surface area contributed by atoms with E-state index in [-0.39, 0.29) is 75.8 Å². The average Bonchev–Trinajstić information content (AvgIpc) is 2.89. The third-order valence-corrected chi connectivity index (χ3v) is 6.26. The summed E-state index contributed by atoms with van der Waals surface area (Å²) in [6.45, 7) is 6.79. The minimum Gasteiger partial charge on any atom is -0.507 e. The van der Waals surface area contributed by atoms with Crippen LogP contribution in [0.4, 0.5) is 11.5 Å². The van der Waals surface area contributed by atoms with Crippen molar-refractivity contribution in [1.29, 1.82) is 5.41 Å². The second-order valence-electron chi connectivity index (χ2n) is 9.99. The number of carbonyl (C=O) groups excluding carboxylic acids is 2. The van der Waals surface area contributed by atoms with Crippen molar-refractivity contribution in [2.24, 2.45) is 5.73 Å². The van der Waals surface area contributed by atoms with Crippen molar-refractivity contribution in [3.63, 3.8) is 0 Å². The van der Waals surface area contributed by atoms with E-state index in [2.05, 4.69) is 20.9 Å². The Morgan fingerprint density at radius 1 is 1.07 bits per heavy atom. The fraction of sp³-hybridized carbons (Fsp3) is 0.321. The number of amidine groups is 1. The van der Waals surface area contributed by atoms with E-state index in [0.29, 0.717) is 5.56 Å². The monoisotopic (exact) mass is 564 g/mol. The van der Waals surface area contributed by atoms with Crippen molar-refractivity contribution in [1.82, 2.24) is 20.2 Å². The summed E-state index contributed by atoms with van der Waals surface area (Å²) in [7, 11) is 0. The van der Waals surface area contributed by atoms with Crippen LogP contribution in [-0.4, -0.2) is 49.5 Å². The van der Waals surface area contributed by atoms with Crippen LogP contribution in [0.15, 0.2) is 41.3 Å². The molecule has 3 rings (SSSR count). The molecular weight excluding hydrogens is 528 g/mol. The van der Waals surface area contributed by atoms with Gasteiger partial charge in [-0.3, -0.25) is 24.4 Å². The lowest BCUT2D eigenvalue weighted by Crippen LogP contribution is -2.35. The van der Waals surface area contributed by atoms with Gasteiger partial charge in [0.2, 0.25) is 5.91 Å². The van der Waals surface area contributed by atoms with Gasteiger partial charge in [-0.05, 0) is 57.5 Å². The van der Waals surface area contributed by atoms with Crippen molar-refractivity contribution in [2.45, 2.75) is 59.3 Å². The van der Waals surface area contributed by atoms with Crippen LogP contribution in [0.25, 0.3) is 11.3 Å². The maximum atomic E-state index is 13.4. The van der Waals surface area contributed by atoms with E-state index >= 15 is 0 Å². The average molecular weight is 565 g/mol. The molecule has 0 bridgehead atoms. The molecule has 13 nitrogen and oxygen atoms in total. The van der Waals surface area contributed by atoms with Gasteiger partial charge in [-0.15, -0.1) is 0 Å². The molecule has 0 saturated carbocycles. The molecule has 10 N–H and O–H groups in total. The summed E-state index contributed by atoms with van der Waals surface area (Å²) in [5, 5.41) is 36.4. The van der Waals surface area contributed by atoms with Crippen molar-refractivity contribution >= 4 is 29.2 Å². The van der Waals surface area contributed by atoms with E-state index in [9.17, 15) is 24.6 Å². The molecule has 1 aromatic heterocycles. The maximum absolute atomic E-state index is 13.4. The number of nitrogen functional groups attached to an aromatic ring is 2. The van der Waals surface area contributed by atoms with Crippen LogP contribution in [-0.2, 0) is 17.9 Å². The Bertz CT molecular complexity index is 1510. The number of benzene rings is 2. The van der Waals surface area contributed by atoms with Crippen LogP contribution in [0.2, 0.25) is 0 Å². The number of amides is 2. The van der Waals surface area contributed by atoms with Crippen LogP contribution >= 0.6 is 0 Å². The van der Waals surface area contributed by atoms with E-state index < -0.39 is 18.0 Å². The molecule has 0 aliphatic rings. The largest absolute Gasteiger partial charge is 0.507 e. The molecule has 0 aliphatic carbocycles. The number of anilines is 2. The summed E-state index contributed by atoms with van der Waals surface area (Å²) in [6.07, 6.45) is 2.16. The summed E-state index contributed by atoms with van der Waals surface area (Å²) >= 11 is 0. The first-order valence-corrected chi connectivity index (χ1v) is 13.0. The van der Waals surface area contributed by atoms with Gasteiger partial charge < -0.3 is 37.6 Å². The van der Waals surface area contributed by atoms with E-state index in [0.717, 1.165) is 6.42 Å². The Balaban J connectivity index is 1.97. The van der Waals surface area contributed by atoms with Gasteiger partial charge in [0.15, 0.2) is 5.82 Å². The number of phenols is 2. The van der Waals surface area contributed by atoms with E-state index in [1.165, 1.54) is 29.0 Å². The van der Waals surface area contributed by atoms with Gasteiger partial charge >= 0.3 is 0 Å². The smallest absolute Gasteiger partial charge is 0.294 e. The lowest BCUT2D eigenvalue weighted by atomic mass is 10.1. The van der Waals surface area contributed by atoms with Crippen molar-refractivity contribution in [2.75, 3.05) is 11.1 Å². The summed E-state index contributed by atoms with van der Waals surface area (Å²) < 4.78 is 1.21. The predicted molar refractivity (Wildman–Crippen MR) is 157 cm³/mol. The van der Waals surface area contributed by atoms with Crippen molar-refractivity contribution in [3.05, 3.63) is 63.6 Å². The highest BCUT2D eigenvalue weighted by Crippen LogP contribution is 2.29. The third kappa shape index (κ3) is 7.53. The maximum Gasteiger partial charge on any atom is 0.294 e. The molecule has 0 saturated heterocycles.